The molecule has 6 nitrogen and oxygen atoms in total. The number of nitrogens with one attached hydrogen (secondary N) is 2. The van der Waals surface area contributed by atoms with Gasteiger partial charge in [0.15, 0.2) is 0 Å². The predicted octanol–water partition coefficient (Wildman–Crippen LogP) is 3.39. The SMILES string of the molecule is CCN(CC(=O)Nc1ccc(F)cc1Cl)CC(=O)Nc1ccccc1OC. The summed E-state index contributed by atoms with van der Waals surface area (Å²) in [5, 5.41) is 5.49. The van der Waals surface area contributed by atoms with Gasteiger partial charge in [-0.2, -0.15) is 0 Å². The highest BCUT2D eigenvalue weighted by Gasteiger charge is 2.15. The predicted molar refractivity (Wildman–Crippen MR) is 104 cm³/mol. The molecule has 0 aromatic heterocycles. The van der Waals surface area contributed by atoms with Crippen LogP contribution in [0.5, 0.6) is 5.75 Å². The quantitative estimate of drug-likeness (QED) is 0.721. The highest BCUT2D eigenvalue weighted by molar-refractivity contribution is 6.33. The second kappa shape index (κ2) is 9.89. The molecule has 2 rings (SSSR count). The van der Waals surface area contributed by atoms with E-state index in [4.69, 9.17) is 16.3 Å². The molecule has 0 bridgehead atoms. The van der Waals surface area contributed by atoms with E-state index in [0.29, 0.717) is 23.7 Å². The summed E-state index contributed by atoms with van der Waals surface area (Å²) in [6.45, 7) is 2.35. The van der Waals surface area contributed by atoms with E-state index in [1.165, 1.54) is 19.2 Å². The number of likely N-dealkylation sites (N-methyl/N-ethyl adjacent to an activating group) is 1. The lowest BCUT2D eigenvalue weighted by molar-refractivity contribution is -0.119. The smallest absolute Gasteiger partial charge is 0.238 e. The summed E-state index contributed by atoms with van der Waals surface area (Å²) < 4.78 is 18.3. The summed E-state index contributed by atoms with van der Waals surface area (Å²) in [4.78, 5) is 26.1. The first-order valence-electron chi connectivity index (χ1n) is 8.33. The number of anilines is 2. The lowest BCUT2D eigenvalue weighted by atomic mass is 10.3. The van der Waals surface area contributed by atoms with Gasteiger partial charge in [0.2, 0.25) is 11.8 Å². The van der Waals surface area contributed by atoms with Gasteiger partial charge in [0.05, 0.1) is 36.6 Å². The van der Waals surface area contributed by atoms with E-state index in [1.807, 2.05) is 6.92 Å². The molecule has 2 aromatic rings. The number of hydrogen-bond donors (Lipinski definition) is 2. The highest BCUT2D eigenvalue weighted by atomic mass is 35.5. The average Bonchev–Trinajstić information content (AvgIpc) is 2.64. The van der Waals surface area contributed by atoms with Crippen molar-refractivity contribution >= 4 is 34.8 Å². The van der Waals surface area contributed by atoms with Gasteiger partial charge in [0.1, 0.15) is 11.6 Å². The third-order valence-electron chi connectivity index (χ3n) is 3.77. The topological polar surface area (TPSA) is 70.7 Å². The Morgan fingerprint density at radius 2 is 1.70 bits per heavy atom. The summed E-state index contributed by atoms with van der Waals surface area (Å²) in [5.74, 6) is -0.553. The maximum Gasteiger partial charge on any atom is 0.238 e. The Morgan fingerprint density at radius 1 is 1.07 bits per heavy atom. The largest absolute Gasteiger partial charge is 0.495 e. The molecule has 0 aliphatic heterocycles. The molecule has 0 heterocycles. The number of methoxy groups -OCH3 is 1. The van der Waals surface area contributed by atoms with Crippen molar-refractivity contribution in [1.29, 1.82) is 0 Å². The normalized spacial score (nSPS) is 10.6. The molecule has 0 fully saturated rings. The van der Waals surface area contributed by atoms with Crippen molar-refractivity contribution in [2.24, 2.45) is 0 Å². The van der Waals surface area contributed by atoms with E-state index in [2.05, 4.69) is 10.6 Å². The van der Waals surface area contributed by atoms with Crippen molar-refractivity contribution in [2.75, 3.05) is 37.4 Å². The van der Waals surface area contributed by atoms with Crippen LogP contribution in [0.3, 0.4) is 0 Å². The van der Waals surface area contributed by atoms with Crippen LogP contribution in [0.25, 0.3) is 0 Å². The number of benzene rings is 2. The minimum atomic E-state index is -0.485. The third-order valence-corrected chi connectivity index (χ3v) is 4.08. The molecule has 2 aromatic carbocycles. The molecule has 0 radical (unpaired) electrons. The summed E-state index contributed by atoms with van der Waals surface area (Å²) in [7, 11) is 1.52. The van der Waals surface area contributed by atoms with Crippen LogP contribution in [0.2, 0.25) is 5.02 Å². The molecule has 0 aliphatic rings. The number of ether oxygens (including phenoxy) is 1. The van der Waals surface area contributed by atoms with E-state index in [-0.39, 0.29) is 29.9 Å². The number of hydrogen-bond acceptors (Lipinski definition) is 4. The molecule has 8 heteroatoms. The third kappa shape index (κ3) is 6.23. The molecule has 0 spiro atoms. The second-order valence-electron chi connectivity index (χ2n) is 5.72. The van der Waals surface area contributed by atoms with Crippen molar-refractivity contribution in [3.8, 4) is 5.75 Å². The molecule has 0 aliphatic carbocycles. The van der Waals surface area contributed by atoms with Gasteiger partial charge in [-0.3, -0.25) is 14.5 Å². The van der Waals surface area contributed by atoms with Crippen molar-refractivity contribution in [1.82, 2.24) is 4.90 Å². The van der Waals surface area contributed by atoms with E-state index in [1.54, 1.807) is 29.2 Å². The minimum Gasteiger partial charge on any atom is -0.495 e. The van der Waals surface area contributed by atoms with E-state index in [0.717, 1.165) is 6.07 Å². The zero-order chi connectivity index (χ0) is 19.8. The molecular weight excluding hydrogens is 373 g/mol. The molecule has 0 unspecified atom stereocenters. The Bertz CT molecular complexity index is 817. The van der Waals surface area contributed by atoms with Gasteiger partial charge in [-0.25, -0.2) is 4.39 Å². The van der Waals surface area contributed by atoms with E-state index >= 15 is 0 Å². The summed E-state index contributed by atoms with van der Waals surface area (Å²) >= 11 is 5.90. The zero-order valence-electron chi connectivity index (χ0n) is 15.1. The second-order valence-corrected chi connectivity index (χ2v) is 6.13. The maximum atomic E-state index is 13.1. The molecule has 0 saturated carbocycles. The molecule has 2 amide bonds. The van der Waals surface area contributed by atoms with Crippen LogP contribution in [0.1, 0.15) is 6.92 Å². The molecule has 0 atom stereocenters. The van der Waals surface area contributed by atoms with E-state index < -0.39 is 5.82 Å². The molecular formula is C19H21ClFN3O3. The molecule has 0 saturated heterocycles. The minimum absolute atomic E-state index is 0.0104. The van der Waals surface area contributed by atoms with Gasteiger partial charge in [-0.15, -0.1) is 0 Å². The van der Waals surface area contributed by atoms with Gasteiger partial charge >= 0.3 is 0 Å². The number of carbonyl (C=O) groups is 2. The maximum absolute atomic E-state index is 13.1. The van der Waals surface area contributed by atoms with Crippen molar-refractivity contribution in [3.63, 3.8) is 0 Å². The number of rotatable bonds is 8. The van der Waals surface area contributed by atoms with Gasteiger partial charge in [-0.05, 0) is 36.9 Å². The lowest BCUT2D eigenvalue weighted by Gasteiger charge is -2.20. The fourth-order valence-corrected chi connectivity index (χ4v) is 2.62. The van der Waals surface area contributed by atoms with Crippen molar-refractivity contribution in [3.05, 3.63) is 53.3 Å². The van der Waals surface area contributed by atoms with Crippen LogP contribution < -0.4 is 15.4 Å². The first kappa shape index (κ1) is 20.7. The van der Waals surface area contributed by atoms with Gasteiger partial charge in [0.25, 0.3) is 0 Å². The first-order chi connectivity index (χ1) is 12.9. The number of halogens is 2. The molecule has 27 heavy (non-hydrogen) atoms. The number of para-hydroxylation sites is 2. The first-order valence-corrected chi connectivity index (χ1v) is 8.70. The number of nitrogens with zero attached hydrogens (tertiary/aromatic N) is 1. The van der Waals surface area contributed by atoms with Crippen LogP contribution in [0.4, 0.5) is 15.8 Å². The standard InChI is InChI=1S/C19H21ClFN3O3/c1-3-24(11-18(25)22-15-9-8-13(21)10-14(15)20)12-19(26)23-16-6-4-5-7-17(16)27-2/h4-10H,3,11-12H2,1-2H3,(H,22,25)(H,23,26). The average molecular weight is 394 g/mol. The monoisotopic (exact) mass is 393 g/mol. The van der Waals surface area contributed by atoms with Crippen LogP contribution >= 0.6 is 11.6 Å². The number of amides is 2. The van der Waals surface area contributed by atoms with Gasteiger partial charge < -0.3 is 15.4 Å². The number of carbonyl (C=O) groups excluding carboxylic acids is 2. The Labute approximate surface area is 162 Å². The lowest BCUT2D eigenvalue weighted by Crippen LogP contribution is -2.38. The van der Waals surface area contributed by atoms with Crippen molar-refractivity contribution in [2.45, 2.75) is 6.92 Å². The summed E-state index contributed by atoms with van der Waals surface area (Å²) in [6.07, 6.45) is 0. The van der Waals surface area contributed by atoms with Crippen LogP contribution in [0.15, 0.2) is 42.5 Å². The molecule has 2 N–H and O–H groups in total. The fourth-order valence-electron chi connectivity index (χ4n) is 2.40. The van der Waals surface area contributed by atoms with Gasteiger partial charge in [0, 0.05) is 0 Å². The fraction of sp³-hybridized carbons (Fsp3) is 0.263. The van der Waals surface area contributed by atoms with Gasteiger partial charge in [-0.1, -0.05) is 30.7 Å². The summed E-state index contributed by atoms with van der Waals surface area (Å²) in [5.41, 5.74) is 0.876. The van der Waals surface area contributed by atoms with Crippen LogP contribution in [0, 0.1) is 5.82 Å². The Hall–Kier alpha value is -2.64. The molecule has 144 valence electrons. The van der Waals surface area contributed by atoms with Crippen LogP contribution in [-0.2, 0) is 9.59 Å². The zero-order valence-corrected chi connectivity index (χ0v) is 15.8. The highest BCUT2D eigenvalue weighted by Crippen LogP contribution is 2.23. The Kier molecular flexibility index (Phi) is 7.57. The van der Waals surface area contributed by atoms with Crippen molar-refractivity contribution < 1.29 is 18.7 Å². The van der Waals surface area contributed by atoms with Crippen LogP contribution in [-0.4, -0.2) is 43.5 Å². The Balaban J connectivity index is 1.92. The summed E-state index contributed by atoms with van der Waals surface area (Å²) in [6, 6.07) is 10.8. The Morgan fingerprint density at radius 3 is 2.30 bits per heavy atom. The van der Waals surface area contributed by atoms with E-state index in [9.17, 15) is 14.0 Å².